The van der Waals surface area contributed by atoms with Crippen LogP contribution in [0.2, 0.25) is 18.1 Å². The second kappa shape index (κ2) is 10.5. The van der Waals surface area contributed by atoms with Crippen molar-refractivity contribution < 1.29 is 28.9 Å². The second-order valence-corrected chi connectivity index (χ2v) is 14.9. The van der Waals surface area contributed by atoms with Crippen molar-refractivity contribution in [3.05, 3.63) is 71.8 Å². The molecule has 1 heterocycles. The molecule has 0 unspecified atom stereocenters. The third-order valence-electron chi connectivity index (χ3n) is 6.66. The normalized spacial score (nSPS) is 22.0. The molecule has 0 saturated carbocycles. The largest absolute Gasteiger partial charge is 0.457 e. The molecule has 2 N–H and O–H groups in total. The van der Waals surface area contributed by atoms with Gasteiger partial charge in [-0.15, -0.1) is 0 Å². The predicted octanol–water partition coefficient (Wildman–Crippen LogP) is 4.37. The maximum Gasteiger partial charge on any atom is 0.309 e. The van der Waals surface area contributed by atoms with E-state index in [2.05, 4.69) is 33.9 Å². The average molecular weight is 473 g/mol. The molecule has 5 atom stereocenters. The zero-order valence-electron chi connectivity index (χ0n) is 20.1. The molecule has 33 heavy (non-hydrogen) atoms. The van der Waals surface area contributed by atoms with Crippen molar-refractivity contribution in [2.75, 3.05) is 0 Å². The van der Waals surface area contributed by atoms with Gasteiger partial charge in [0.25, 0.3) is 0 Å². The number of hydrogen-bond acceptors (Lipinski definition) is 6. The van der Waals surface area contributed by atoms with Gasteiger partial charge in [-0.05, 0) is 29.3 Å². The first-order valence-electron chi connectivity index (χ1n) is 11.4. The highest BCUT2D eigenvalue weighted by Gasteiger charge is 2.47. The van der Waals surface area contributed by atoms with Crippen LogP contribution in [0.4, 0.5) is 0 Å². The molecule has 0 radical (unpaired) electrons. The molecule has 1 aliphatic rings. The van der Waals surface area contributed by atoms with Crippen LogP contribution in [0.25, 0.3) is 0 Å². The van der Waals surface area contributed by atoms with Crippen molar-refractivity contribution in [3.8, 4) is 0 Å². The monoisotopic (exact) mass is 472 g/mol. The summed E-state index contributed by atoms with van der Waals surface area (Å²) in [5.74, 6) is -0.453. The number of cyclic esters (lactones) is 1. The lowest BCUT2D eigenvalue weighted by atomic mass is 9.95. The lowest BCUT2D eigenvalue weighted by molar-refractivity contribution is -0.159. The van der Waals surface area contributed by atoms with Gasteiger partial charge in [0.05, 0.1) is 19.1 Å². The first-order valence-corrected chi connectivity index (χ1v) is 14.3. The molecule has 1 saturated heterocycles. The molecule has 0 amide bonds. The third kappa shape index (κ3) is 6.31. The summed E-state index contributed by atoms with van der Waals surface area (Å²) >= 11 is 0. The van der Waals surface area contributed by atoms with Crippen LogP contribution in [0.3, 0.4) is 0 Å². The van der Waals surface area contributed by atoms with Crippen molar-refractivity contribution in [2.24, 2.45) is 0 Å². The van der Waals surface area contributed by atoms with E-state index in [-0.39, 0.29) is 18.1 Å². The van der Waals surface area contributed by atoms with Crippen LogP contribution in [0.15, 0.2) is 60.7 Å². The molecular weight excluding hydrogens is 436 g/mol. The van der Waals surface area contributed by atoms with Crippen molar-refractivity contribution in [3.63, 3.8) is 0 Å². The fourth-order valence-electron chi connectivity index (χ4n) is 3.62. The zero-order valence-corrected chi connectivity index (χ0v) is 21.1. The molecule has 1 aliphatic heterocycles. The first kappa shape index (κ1) is 25.6. The minimum absolute atomic E-state index is 0.0281. The standard InChI is InChI=1S/C26H36O6Si/c1-26(2,3)33(4,5)32-24(19-14-10-7-11-15-19)22(28)23(29)25-20(16-21(27)31-25)30-17-18-12-8-6-9-13-18/h6-15,20,22-25,28-29H,16-17H2,1-5H3/t20-,22+,23+,24-,25+/m1/s1. The number of benzene rings is 2. The number of ether oxygens (including phenoxy) is 2. The molecule has 2 aromatic rings. The first-order chi connectivity index (χ1) is 15.5. The van der Waals surface area contributed by atoms with Gasteiger partial charge in [-0.1, -0.05) is 81.4 Å². The Morgan fingerprint density at radius 3 is 2.18 bits per heavy atom. The van der Waals surface area contributed by atoms with Crippen LogP contribution >= 0.6 is 0 Å². The van der Waals surface area contributed by atoms with Crippen LogP contribution in [-0.2, 0) is 25.3 Å². The van der Waals surface area contributed by atoms with Gasteiger partial charge in [0, 0.05) is 0 Å². The average Bonchev–Trinajstić information content (AvgIpc) is 3.16. The Morgan fingerprint density at radius 1 is 1.03 bits per heavy atom. The summed E-state index contributed by atoms with van der Waals surface area (Å²) in [6.07, 6.45) is -5.05. The van der Waals surface area contributed by atoms with Crippen molar-refractivity contribution in [1.29, 1.82) is 0 Å². The van der Waals surface area contributed by atoms with Gasteiger partial charge in [0.1, 0.15) is 18.3 Å². The molecule has 0 aliphatic carbocycles. The number of esters is 1. The highest BCUT2D eigenvalue weighted by Crippen LogP contribution is 2.41. The van der Waals surface area contributed by atoms with Crippen LogP contribution in [-0.4, -0.2) is 48.9 Å². The van der Waals surface area contributed by atoms with E-state index in [4.69, 9.17) is 13.9 Å². The summed E-state index contributed by atoms with van der Waals surface area (Å²) in [5.41, 5.74) is 1.72. The van der Waals surface area contributed by atoms with E-state index in [0.29, 0.717) is 0 Å². The van der Waals surface area contributed by atoms with E-state index in [9.17, 15) is 15.0 Å². The van der Waals surface area contributed by atoms with Crippen molar-refractivity contribution in [2.45, 2.75) is 82.5 Å². The Bertz CT molecular complexity index is 896. The quantitative estimate of drug-likeness (QED) is 0.416. The highest BCUT2D eigenvalue weighted by atomic mass is 28.4. The molecular formula is C26H36O6Si. The number of carbonyl (C=O) groups excluding carboxylic acids is 1. The summed E-state index contributed by atoms with van der Waals surface area (Å²) in [6.45, 7) is 10.8. The van der Waals surface area contributed by atoms with E-state index < -0.39 is 44.8 Å². The van der Waals surface area contributed by atoms with Gasteiger partial charge >= 0.3 is 5.97 Å². The van der Waals surface area contributed by atoms with Crippen molar-refractivity contribution >= 4 is 14.3 Å². The molecule has 180 valence electrons. The summed E-state index contributed by atoms with van der Waals surface area (Å²) in [6, 6.07) is 19.0. The Labute approximate surface area is 197 Å². The molecule has 0 spiro atoms. The molecule has 6 nitrogen and oxygen atoms in total. The van der Waals surface area contributed by atoms with E-state index in [0.717, 1.165) is 11.1 Å². The molecule has 1 fully saturated rings. The van der Waals surface area contributed by atoms with E-state index in [1.54, 1.807) is 0 Å². The number of aliphatic hydroxyl groups excluding tert-OH is 2. The second-order valence-electron chi connectivity index (χ2n) is 10.2. The number of aliphatic hydroxyl groups is 2. The molecule has 3 rings (SSSR count). The SMILES string of the molecule is CC(C)(C)[Si](C)(C)O[C@H](c1ccccc1)[C@@H](O)[C@H](O)[C@H]1OC(=O)C[C@H]1OCc1ccccc1. The summed E-state index contributed by atoms with van der Waals surface area (Å²) < 4.78 is 17.9. The van der Waals surface area contributed by atoms with E-state index in [1.807, 2.05) is 60.7 Å². The van der Waals surface area contributed by atoms with Gasteiger partial charge in [-0.25, -0.2) is 0 Å². The number of hydrogen-bond donors (Lipinski definition) is 2. The molecule has 7 heteroatoms. The van der Waals surface area contributed by atoms with Crippen LogP contribution in [0.1, 0.15) is 44.4 Å². The lowest BCUT2D eigenvalue weighted by Crippen LogP contribution is -2.50. The number of rotatable bonds is 9. The summed E-state index contributed by atoms with van der Waals surface area (Å²) in [4.78, 5) is 12.1. The van der Waals surface area contributed by atoms with Gasteiger partial charge < -0.3 is 24.1 Å². The highest BCUT2D eigenvalue weighted by molar-refractivity contribution is 6.74. The fraction of sp³-hybridized carbons (Fsp3) is 0.500. The van der Waals surface area contributed by atoms with Crippen LogP contribution < -0.4 is 0 Å². The molecule has 0 bridgehead atoms. The molecule has 0 aromatic heterocycles. The Hall–Kier alpha value is -2.03. The van der Waals surface area contributed by atoms with Gasteiger partial charge in [-0.3, -0.25) is 4.79 Å². The summed E-state index contributed by atoms with van der Waals surface area (Å²) in [7, 11) is -2.30. The van der Waals surface area contributed by atoms with E-state index >= 15 is 0 Å². The van der Waals surface area contributed by atoms with Crippen LogP contribution in [0.5, 0.6) is 0 Å². The lowest BCUT2D eigenvalue weighted by Gasteiger charge is -2.42. The van der Waals surface area contributed by atoms with Crippen molar-refractivity contribution in [1.82, 2.24) is 0 Å². The zero-order chi connectivity index (χ0) is 24.2. The summed E-state index contributed by atoms with van der Waals surface area (Å²) in [5, 5.41) is 22.4. The maximum absolute atomic E-state index is 12.1. The van der Waals surface area contributed by atoms with Gasteiger partial charge in [0.15, 0.2) is 14.4 Å². The van der Waals surface area contributed by atoms with Crippen LogP contribution in [0, 0.1) is 0 Å². The number of carbonyl (C=O) groups is 1. The smallest absolute Gasteiger partial charge is 0.309 e. The predicted molar refractivity (Wildman–Crippen MR) is 129 cm³/mol. The third-order valence-corrected chi connectivity index (χ3v) is 11.1. The Balaban J connectivity index is 1.80. The maximum atomic E-state index is 12.1. The Kier molecular flexibility index (Phi) is 8.13. The Morgan fingerprint density at radius 2 is 1.61 bits per heavy atom. The van der Waals surface area contributed by atoms with Gasteiger partial charge in [0.2, 0.25) is 0 Å². The minimum Gasteiger partial charge on any atom is -0.457 e. The molecule has 2 aromatic carbocycles. The van der Waals surface area contributed by atoms with E-state index in [1.165, 1.54) is 0 Å². The van der Waals surface area contributed by atoms with Gasteiger partial charge in [-0.2, -0.15) is 0 Å². The minimum atomic E-state index is -2.30. The fourth-order valence-corrected chi connectivity index (χ4v) is 4.89. The topological polar surface area (TPSA) is 85.2 Å².